The van der Waals surface area contributed by atoms with Gasteiger partial charge in [0.2, 0.25) is 0 Å². The molecule has 3 rings (SSSR count). The summed E-state index contributed by atoms with van der Waals surface area (Å²) >= 11 is 0. The minimum Gasteiger partial charge on any atom is -0.490 e. The molecule has 0 saturated carbocycles. The molecule has 0 spiro atoms. The summed E-state index contributed by atoms with van der Waals surface area (Å²) in [7, 11) is 0. The number of ether oxygens (including phenoxy) is 2. The highest BCUT2D eigenvalue weighted by atomic mass is 16.6. The van der Waals surface area contributed by atoms with Crippen LogP contribution in [-0.4, -0.2) is 38.8 Å². The number of carbonyl (C=O) groups excluding carboxylic acids is 1. The third kappa shape index (κ3) is 6.25. The molecule has 0 saturated heterocycles. The molecule has 1 amide bonds. The highest BCUT2D eigenvalue weighted by Gasteiger charge is 2.31. The topological polar surface area (TPSA) is 113 Å². The number of aryl methyl sites for hydroxylation is 1. The highest BCUT2D eigenvalue weighted by molar-refractivity contribution is 5.90. The monoisotopic (exact) mass is 463 g/mol. The third-order valence-electron chi connectivity index (χ3n) is 5.12. The number of H-pyrrole nitrogens is 1. The van der Waals surface area contributed by atoms with Gasteiger partial charge < -0.3 is 19.8 Å². The van der Waals surface area contributed by atoms with E-state index in [1.807, 2.05) is 46.8 Å². The number of aromatic nitrogens is 3. The fraction of sp³-hybridized carbons (Fsp3) is 0.462. The zero-order chi connectivity index (χ0) is 25.1. The molecule has 0 bridgehead atoms. The molecular formula is C26H33N5O3. The van der Waals surface area contributed by atoms with E-state index in [9.17, 15) is 10.1 Å². The first-order chi connectivity index (χ1) is 15.9. The van der Waals surface area contributed by atoms with E-state index >= 15 is 0 Å². The van der Waals surface area contributed by atoms with E-state index in [4.69, 9.17) is 9.47 Å². The van der Waals surface area contributed by atoms with Gasteiger partial charge in [0.05, 0.1) is 11.1 Å². The van der Waals surface area contributed by atoms with Crippen LogP contribution in [0.1, 0.15) is 59.4 Å². The number of hydrogen-bond donors (Lipinski definition) is 2. The van der Waals surface area contributed by atoms with Crippen molar-refractivity contribution in [1.29, 1.82) is 5.26 Å². The summed E-state index contributed by atoms with van der Waals surface area (Å²) in [6.07, 6.45) is 1.90. The van der Waals surface area contributed by atoms with Crippen molar-refractivity contribution in [3.63, 3.8) is 0 Å². The maximum atomic E-state index is 12.4. The molecule has 8 nitrogen and oxygen atoms in total. The van der Waals surface area contributed by atoms with Gasteiger partial charge in [-0.05, 0) is 70.7 Å². The van der Waals surface area contributed by atoms with Gasteiger partial charge in [-0.2, -0.15) is 5.26 Å². The van der Waals surface area contributed by atoms with E-state index in [1.54, 1.807) is 18.3 Å². The van der Waals surface area contributed by atoms with Gasteiger partial charge in [0, 0.05) is 11.8 Å². The molecule has 2 aromatic heterocycles. The van der Waals surface area contributed by atoms with Gasteiger partial charge in [0.15, 0.2) is 5.65 Å². The van der Waals surface area contributed by atoms with Crippen LogP contribution in [0.5, 0.6) is 5.75 Å². The summed E-state index contributed by atoms with van der Waals surface area (Å²) in [5.74, 6) is 1.54. The molecule has 180 valence electrons. The molecule has 2 heterocycles. The lowest BCUT2D eigenvalue weighted by molar-refractivity contribution is 0.0408. The number of carbonyl (C=O) groups is 1. The number of alkyl carbamates (subject to hydrolysis) is 1. The summed E-state index contributed by atoms with van der Waals surface area (Å²) < 4.78 is 11.5. The molecule has 1 unspecified atom stereocenters. The summed E-state index contributed by atoms with van der Waals surface area (Å²) in [5.41, 5.74) is 2.31. The Bertz CT molecular complexity index is 1220. The number of aromatic amines is 1. The van der Waals surface area contributed by atoms with Crippen molar-refractivity contribution in [1.82, 2.24) is 20.3 Å². The average molecular weight is 464 g/mol. The van der Waals surface area contributed by atoms with Crippen LogP contribution in [0.3, 0.4) is 0 Å². The fourth-order valence-electron chi connectivity index (χ4n) is 4.00. The zero-order valence-electron chi connectivity index (χ0n) is 20.9. The first-order valence-electron chi connectivity index (χ1n) is 11.4. The quantitative estimate of drug-likeness (QED) is 0.477. The van der Waals surface area contributed by atoms with Gasteiger partial charge in [-0.1, -0.05) is 19.9 Å². The Labute approximate surface area is 200 Å². The summed E-state index contributed by atoms with van der Waals surface area (Å²) in [6.45, 7) is 13.6. The average Bonchev–Trinajstić information content (AvgIpc) is 3.10. The van der Waals surface area contributed by atoms with Crippen LogP contribution in [0.2, 0.25) is 0 Å². The Morgan fingerprint density at radius 2 is 1.97 bits per heavy atom. The highest BCUT2D eigenvalue weighted by Crippen LogP contribution is 2.31. The van der Waals surface area contributed by atoms with E-state index in [-0.39, 0.29) is 6.61 Å². The first-order valence-corrected chi connectivity index (χ1v) is 11.4. The molecule has 0 aliphatic carbocycles. The van der Waals surface area contributed by atoms with Crippen LogP contribution in [0, 0.1) is 24.2 Å². The van der Waals surface area contributed by atoms with Crippen LogP contribution < -0.4 is 10.1 Å². The Morgan fingerprint density at radius 1 is 1.24 bits per heavy atom. The van der Waals surface area contributed by atoms with Crippen LogP contribution in [0.25, 0.3) is 22.3 Å². The van der Waals surface area contributed by atoms with Gasteiger partial charge in [-0.3, -0.25) is 0 Å². The third-order valence-corrected chi connectivity index (χ3v) is 5.12. The lowest BCUT2D eigenvalue weighted by Crippen LogP contribution is -2.52. The minimum atomic E-state index is -0.675. The van der Waals surface area contributed by atoms with Crippen molar-refractivity contribution >= 4 is 17.3 Å². The molecule has 0 radical (unpaired) electrons. The van der Waals surface area contributed by atoms with Crippen LogP contribution in [0.15, 0.2) is 30.5 Å². The number of amides is 1. The first kappa shape index (κ1) is 25.0. The Kier molecular flexibility index (Phi) is 7.15. The van der Waals surface area contributed by atoms with Gasteiger partial charge in [0.1, 0.15) is 35.4 Å². The lowest BCUT2D eigenvalue weighted by Gasteiger charge is -2.33. The molecular weight excluding hydrogens is 430 g/mol. The number of hydrogen-bond acceptors (Lipinski definition) is 6. The number of fused-ring (bicyclic) bond motifs is 1. The van der Waals surface area contributed by atoms with Crippen molar-refractivity contribution in [3.05, 3.63) is 41.9 Å². The summed E-state index contributed by atoms with van der Waals surface area (Å²) in [6, 6.07) is 9.57. The smallest absolute Gasteiger partial charge is 0.408 e. The molecule has 0 fully saturated rings. The minimum absolute atomic E-state index is 0.191. The zero-order valence-corrected chi connectivity index (χ0v) is 20.9. The second-order valence-corrected chi connectivity index (χ2v) is 10.3. The van der Waals surface area contributed by atoms with E-state index in [0.717, 1.165) is 22.5 Å². The predicted octanol–water partition coefficient (Wildman–Crippen LogP) is 5.51. The molecule has 0 aliphatic rings. The number of rotatable bonds is 7. The predicted molar refractivity (Wildman–Crippen MR) is 132 cm³/mol. The number of benzene rings is 1. The van der Waals surface area contributed by atoms with E-state index in [2.05, 4.69) is 40.2 Å². The molecule has 2 N–H and O–H groups in total. The fourth-order valence-corrected chi connectivity index (χ4v) is 4.00. The van der Waals surface area contributed by atoms with Crippen molar-refractivity contribution < 1.29 is 14.3 Å². The Morgan fingerprint density at radius 3 is 2.62 bits per heavy atom. The summed E-state index contributed by atoms with van der Waals surface area (Å²) in [5, 5.41) is 12.8. The lowest BCUT2D eigenvalue weighted by atomic mass is 9.91. The molecule has 3 aromatic rings. The van der Waals surface area contributed by atoms with E-state index < -0.39 is 17.2 Å². The molecule has 0 aliphatic heterocycles. The number of nitriles is 1. The second kappa shape index (κ2) is 9.72. The SMILES string of the molecule is Cc1nc2c(-c3ccc(OCC(C)(CC(C)C)NC(=O)OC(C)(C)C)c(C#N)c3)ccnc2[nH]1. The standard InChI is InChI=1S/C26H33N5O3/c1-16(2)13-26(7,31-24(32)34-25(4,5)6)15-33-21-9-8-18(12-19(21)14-27)20-10-11-28-23-22(20)29-17(3)30-23/h8-12,16H,13,15H2,1-7H3,(H,31,32)(H,28,29,30). The Balaban J connectivity index is 1.83. The normalized spacial score (nSPS) is 13.4. The Hall–Kier alpha value is -3.60. The maximum absolute atomic E-state index is 12.4. The number of nitrogens with one attached hydrogen (secondary N) is 2. The van der Waals surface area contributed by atoms with E-state index in [1.165, 1.54) is 0 Å². The largest absolute Gasteiger partial charge is 0.490 e. The van der Waals surface area contributed by atoms with E-state index in [0.29, 0.717) is 29.3 Å². The molecule has 8 heteroatoms. The van der Waals surface area contributed by atoms with Crippen molar-refractivity contribution in [2.75, 3.05) is 6.61 Å². The summed E-state index contributed by atoms with van der Waals surface area (Å²) in [4.78, 5) is 24.4. The molecule has 1 aromatic carbocycles. The number of imidazole rings is 1. The number of pyridine rings is 1. The van der Waals surface area contributed by atoms with Gasteiger partial charge in [-0.25, -0.2) is 14.8 Å². The van der Waals surface area contributed by atoms with Crippen molar-refractivity contribution in [3.8, 4) is 22.9 Å². The van der Waals surface area contributed by atoms with Gasteiger partial charge >= 0.3 is 6.09 Å². The van der Waals surface area contributed by atoms with Crippen LogP contribution in [0.4, 0.5) is 4.79 Å². The molecule has 1 atom stereocenters. The van der Waals surface area contributed by atoms with Crippen molar-refractivity contribution in [2.24, 2.45) is 5.92 Å². The van der Waals surface area contributed by atoms with Gasteiger partial charge in [0.25, 0.3) is 0 Å². The van der Waals surface area contributed by atoms with Crippen molar-refractivity contribution in [2.45, 2.75) is 66.0 Å². The molecule has 34 heavy (non-hydrogen) atoms. The van der Waals surface area contributed by atoms with Gasteiger partial charge in [-0.15, -0.1) is 0 Å². The van der Waals surface area contributed by atoms with Crippen LogP contribution in [-0.2, 0) is 4.74 Å². The number of nitrogens with zero attached hydrogens (tertiary/aromatic N) is 3. The van der Waals surface area contributed by atoms with Crippen LogP contribution >= 0.6 is 0 Å². The second-order valence-electron chi connectivity index (χ2n) is 10.3. The maximum Gasteiger partial charge on any atom is 0.408 e.